The van der Waals surface area contributed by atoms with Crippen molar-refractivity contribution in [3.05, 3.63) is 94.5 Å². The van der Waals surface area contributed by atoms with E-state index in [1.807, 2.05) is 43.3 Å². The number of hydrogen-bond acceptors (Lipinski definition) is 5. The molecule has 0 N–H and O–H groups in total. The van der Waals surface area contributed by atoms with E-state index < -0.39 is 15.6 Å². The molecule has 0 aliphatic carbocycles. The Bertz CT molecular complexity index is 1250. The van der Waals surface area contributed by atoms with Crippen molar-refractivity contribution in [3.63, 3.8) is 0 Å². The molecule has 0 amide bonds. The summed E-state index contributed by atoms with van der Waals surface area (Å²) in [6.45, 7) is 0. The number of rotatable bonds is 4. The third-order valence-electron chi connectivity index (χ3n) is 4.92. The average Bonchev–Trinajstić information content (AvgIpc) is 2.74. The molecule has 3 aromatic carbocycles. The number of benzene rings is 3. The third kappa shape index (κ3) is 3.49. The molecular formula is C23H19ClN2O3S. The zero-order chi connectivity index (χ0) is 21.5. The van der Waals surface area contributed by atoms with Crippen LogP contribution in [-0.2, 0) is 9.84 Å². The van der Waals surface area contributed by atoms with E-state index in [1.54, 1.807) is 35.2 Å². The zero-order valence-electron chi connectivity index (χ0n) is 16.4. The second-order valence-corrected chi connectivity index (χ2v) is 9.40. The first kappa shape index (κ1) is 20.2. The second kappa shape index (κ2) is 7.63. The molecule has 0 aromatic heterocycles. The lowest BCUT2D eigenvalue weighted by Crippen LogP contribution is -2.25. The van der Waals surface area contributed by atoms with Gasteiger partial charge in [0.25, 0.3) is 0 Å². The smallest absolute Gasteiger partial charge is 0.214 e. The number of nitrogens with zero attached hydrogens (tertiary/aromatic N) is 2. The van der Waals surface area contributed by atoms with Gasteiger partial charge < -0.3 is 9.80 Å². The van der Waals surface area contributed by atoms with E-state index in [2.05, 4.69) is 0 Å². The molecule has 1 aliphatic rings. The first-order valence-corrected chi connectivity index (χ1v) is 11.1. The molecule has 0 bridgehead atoms. The highest BCUT2D eigenvalue weighted by Crippen LogP contribution is 2.40. The van der Waals surface area contributed by atoms with Crippen molar-refractivity contribution in [1.82, 2.24) is 0 Å². The predicted octanol–water partition coefficient (Wildman–Crippen LogP) is 5.06. The van der Waals surface area contributed by atoms with E-state index in [9.17, 15) is 13.2 Å². The number of anilines is 3. The van der Waals surface area contributed by atoms with Gasteiger partial charge in [-0.05, 0) is 60.7 Å². The number of para-hydroxylation sites is 1. The highest BCUT2D eigenvalue weighted by molar-refractivity contribution is 7.96. The summed E-state index contributed by atoms with van der Waals surface area (Å²) in [5.41, 5.74) is 2.53. The van der Waals surface area contributed by atoms with Gasteiger partial charge in [0.05, 0.1) is 10.6 Å². The lowest BCUT2D eigenvalue weighted by Gasteiger charge is -2.29. The molecule has 1 heterocycles. The summed E-state index contributed by atoms with van der Waals surface area (Å²) in [5.74, 6) is -0.573. The summed E-state index contributed by atoms with van der Waals surface area (Å²) in [4.78, 5) is 16.7. The highest BCUT2D eigenvalue weighted by Gasteiger charge is 2.36. The first-order valence-electron chi connectivity index (χ1n) is 9.22. The van der Waals surface area contributed by atoms with E-state index in [4.69, 9.17) is 11.6 Å². The van der Waals surface area contributed by atoms with Gasteiger partial charge in [0, 0.05) is 42.3 Å². The maximum Gasteiger partial charge on any atom is 0.214 e. The van der Waals surface area contributed by atoms with Crippen molar-refractivity contribution in [3.8, 4) is 0 Å². The largest absolute Gasteiger partial charge is 0.378 e. The van der Waals surface area contributed by atoms with E-state index in [0.29, 0.717) is 10.7 Å². The number of hydrogen-bond donors (Lipinski definition) is 0. The van der Waals surface area contributed by atoms with Gasteiger partial charge in [-0.1, -0.05) is 23.7 Å². The van der Waals surface area contributed by atoms with Gasteiger partial charge >= 0.3 is 0 Å². The fourth-order valence-electron chi connectivity index (χ4n) is 3.31. The average molecular weight is 439 g/mol. The van der Waals surface area contributed by atoms with Crippen LogP contribution in [0.25, 0.3) is 0 Å². The monoisotopic (exact) mass is 438 g/mol. The third-order valence-corrected chi connectivity index (χ3v) is 6.97. The molecular weight excluding hydrogens is 420 g/mol. The van der Waals surface area contributed by atoms with Gasteiger partial charge in [0.1, 0.15) is 4.91 Å². The molecule has 0 spiro atoms. The molecule has 0 saturated carbocycles. The van der Waals surface area contributed by atoms with E-state index in [0.717, 1.165) is 11.4 Å². The summed E-state index contributed by atoms with van der Waals surface area (Å²) in [6, 6.07) is 20.5. The molecule has 4 rings (SSSR count). The van der Waals surface area contributed by atoms with Crippen molar-refractivity contribution in [2.24, 2.45) is 0 Å². The fourth-order valence-corrected chi connectivity index (χ4v) is 4.98. The van der Waals surface area contributed by atoms with Crippen LogP contribution in [0, 0.1) is 0 Å². The van der Waals surface area contributed by atoms with Crippen LogP contribution in [0.2, 0.25) is 5.02 Å². The van der Waals surface area contributed by atoms with Crippen molar-refractivity contribution in [1.29, 1.82) is 0 Å². The van der Waals surface area contributed by atoms with Crippen LogP contribution >= 0.6 is 11.6 Å². The van der Waals surface area contributed by atoms with Gasteiger partial charge in [-0.15, -0.1) is 0 Å². The van der Waals surface area contributed by atoms with Crippen LogP contribution < -0.4 is 9.80 Å². The molecule has 3 aromatic rings. The normalized spacial score (nSPS) is 14.6. The summed E-state index contributed by atoms with van der Waals surface area (Å²) < 4.78 is 26.5. The Morgan fingerprint density at radius 3 is 2.17 bits per heavy atom. The summed E-state index contributed by atoms with van der Waals surface area (Å²) in [7, 11) is -0.0842. The maximum absolute atomic E-state index is 13.3. The molecule has 0 unspecified atom stereocenters. The van der Waals surface area contributed by atoms with Crippen LogP contribution in [0.15, 0.2) is 88.8 Å². The molecule has 1 aliphatic heterocycles. The van der Waals surface area contributed by atoms with Gasteiger partial charge in [-0.2, -0.15) is 0 Å². The molecule has 30 heavy (non-hydrogen) atoms. The lowest BCUT2D eigenvalue weighted by molar-refractivity contribution is 0.104. The van der Waals surface area contributed by atoms with E-state index in [-0.39, 0.29) is 15.4 Å². The Morgan fingerprint density at radius 1 is 0.900 bits per heavy atom. The number of ketones is 1. The van der Waals surface area contributed by atoms with Gasteiger partial charge in [-0.25, -0.2) is 8.42 Å². The quantitative estimate of drug-likeness (QED) is 0.533. The van der Waals surface area contributed by atoms with Crippen LogP contribution in [0.5, 0.6) is 0 Å². The van der Waals surface area contributed by atoms with E-state index >= 15 is 0 Å². The van der Waals surface area contributed by atoms with Crippen molar-refractivity contribution in [2.75, 3.05) is 23.9 Å². The minimum absolute atomic E-state index is 0.0986. The van der Waals surface area contributed by atoms with E-state index in [1.165, 1.54) is 24.4 Å². The SMILES string of the molecule is CN(C)c1ccc(N2C=C(C(=O)c3ccc(Cl)cc3)S(=O)(=O)c3ccccc32)cc1. The van der Waals surface area contributed by atoms with Crippen molar-refractivity contribution in [2.45, 2.75) is 4.90 Å². The zero-order valence-corrected chi connectivity index (χ0v) is 18.0. The van der Waals surface area contributed by atoms with Crippen LogP contribution in [0.1, 0.15) is 10.4 Å². The Kier molecular flexibility index (Phi) is 5.13. The molecule has 152 valence electrons. The lowest BCUT2D eigenvalue weighted by atomic mass is 10.1. The van der Waals surface area contributed by atoms with Crippen LogP contribution in [-0.4, -0.2) is 28.3 Å². The summed E-state index contributed by atoms with van der Waals surface area (Å²) in [6.07, 6.45) is 1.40. The Hall–Kier alpha value is -3.09. The summed E-state index contributed by atoms with van der Waals surface area (Å²) in [5, 5.41) is 0.472. The standard InChI is InChI=1S/C23H19ClN2O3S/c1-25(2)18-11-13-19(14-12-18)26-15-22(23(27)16-7-9-17(24)10-8-16)30(28,29)21-6-4-3-5-20(21)26/h3-15H,1-2H3. The summed E-state index contributed by atoms with van der Waals surface area (Å²) >= 11 is 5.91. The Balaban J connectivity index is 1.87. The molecule has 5 nitrogen and oxygen atoms in total. The number of carbonyl (C=O) groups is 1. The van der Waals surface area contributed by atoms with Crippen LogP contribution in [0.3, 0.4) is 0 Å². The highest BCUT2D eigenvalue weighted by atomic mass is 35.5. The molecule has 0 fully saturated rings. The molecule has 7 heteroatoms. The first-order chi connectivity index (χ1) is 14.3. The van der Waals surface area contributed by atoms with Gasteiger partial charge in [0.15, 0.2) is 0 Å². The van der Waals surface area contributed by atoms with Gasteiger partial charge in [-0.3, -0.25) is 4.79 Å². The topological polar surface area (TPSA) is 57.7 Å². The van der Waals surface area contributed by atoms with Crippen LogP contribution in [0.4, 0.5) is 17.1 Å². The Labute approximate surface area is 180 Å². The fraction of sp³-hybridized carbons (Fsp3) is 0.0870. The number of fused-ring (bicyclic) bond motifs is 1. The number of allylic oxidation sites excluding steroid dienone is 1. The number of carbonyl (C=O) groups excluding carboxylic acids is 1. The number of Topliss-reactive ketones (excluding diaryl/α,β-unsaturated/α-hetero) is 1. The van der Waals surface area contributed by atoms with Crippen molar-refractivity contribution < 1.29 is 13.2 Å². The minimum atomic E-state index is -3.97. The van der Waals surface area contributed by atoms with Crippen molar-refractivity contribution >= 4 is 44.3 Å². The molecule has 0 saturated heterocycles. The minimum Gasteiger partial charge on any atom is -0.378 e. The number of sulfone groups is 1. The predicted molar refractivity (Wildman–Crippen MR) is 120 cm³/mol. The maximum atomic E-state index is 13.3. The molecule has 0 atom stereocenters. The Morgan fingerprint density at radius 2 is 1.53 bits per heavy atom. The van der Waals surface area contributed by atoms with Gasteiger partial charge in [0.2, 0.25) is 15.6 Å². The number of halogens is 1. The second-order valence-electron chi connectivity index (χ2n) is 7.08. The molecule has 0 radical (unpaired) electrons.